The molecule has 1 aliphatic heterocycles. The molecule has 1 atom stereocenters. The second kappa shape index (κ2) is 7.69. The van der Waals surface area contributed by atoms with Crippen LogP contribution in [0.2, 0.25) is 0 Å². The highest BCUT2D eigenvalue weighted by Crippen LogP contribution is 2.49. The van der Waals surface area contributed by atoms with Crippen LogP contribution in [0.15, 0.2) is 64.6 Å². The normalized spacial score (nSPS) is 18.9. The summed E-state index contributed by atoms with van der Waals surface area (Å²) in [7, 11) is 3.18. The summed E-state index contributed by atoms with van der Waals surface area (Å²) in [6.07, 6.45) is 1.14. The number of benzene rings is 2. The van der Waals surface area contributed by atoms with E-state index in [0.717, 1.165) is 16.9 Å². The standard InChI is InChI=1S/C26H27N3O4/c1-26(2)13-18-22(19(30)14-26)21(17-11-10-16(32-3)12-20(17)33-4)23-24(27-18)28-29(25(23)31)15-8-6-5-7-9-15/h5-12,21,27-28H,13-14H2,1-4H3/t21-/m0/s1. The Morgan fingerprint density at radius 3 is 2.45 bits per heavy atom. The van der Waals surface area contributed by atoms with Crippen LogP contribution in [0.1, 0.15) is 43.7 Å². The number of nitrogens with one attached hydrogen (secondary N) is 2. The first-order chi connectivity index (χ1) is 15.8. The fourth-order valence-corrected chi connectivity index (χ4v) is 5.02. The van der Waals surface area contributed by atoms with E-state index in [1.807, 2.05) is 42.5 Å². The van der Waals surface area contributed by atoms with E-state index < -0.39 is 5.92 Å². The minimum absolute atomic E-state index is 0.0501. The molecule has 0 spiro atoms. The smallest absolute Gasteiger partial charge is 0.277 e. The van der Waals surface area contributed by atoms with Crippen LogP contribution in [-0.2, 0) is 4.79 Å². The third-order valence-corrected chi connectivity index (χ3v) is 6.47. The zero-order chi connectivity index (χ0) is 23.3. The van der Waals surface area contributed by atoms with Crippen molar-refractivity contribution < 1.29 is 14.3 Å². The van der Waals surface area contributed by atoms with E-state index in [1.54, 1.807) is 20.3 Å². The molecule has 0 amide bonds. The van der Waals surface area contributed by atoms with Crippen LogP contribution >= 0.6 is 0 Å². The van der Waals surface area contributed by atoms with Crippen LogP contribution in [0.5, 0.6) is 11.5 Å². The summed E-state index contributed by atoms with van der Waals surface area (Å²) in [5.74, 6) is 1.33. The minimum Gasteiger partial charge on any atom is -0.497 e. The number of anilines is 1. The molecule has 2 heterocycles. The molecular weight excluding hydrogens is 418 g/mol. The summed E-state index contributed by atoms with van der Waals surface area (Å²) >= 11 is 0. The Morgan fingerprint density at radius 1 is 1.00 bits per heavy atom. The minimum atomic E-state index is -0.547. The van der Waals surface area contributed by atoms with Crippen molar-refractivity contribution in [1.29, 1.82) is 0 Å². The molecule has 2 N–H and O–H groups in total. The van der Waals surface area contributed by atoms with E-state index in [-0.39, 0.29) is 16.8 Å². The number of aromatic nitrogens is 2. The maximum Gasteiger partial charge on any atom is 0.277 e. The Morgan fingerprint density at radius 2 is 1.76 bits per heavy atom. The molecule has 2 aliphatic rings. The number of para-hydroxylation sites is 1. The first kappa shape index (κ1) is 21.1. The predicted octanol–water partition coefficient (Wildman–Crippen LogP) is 4.38. The van der Waals surface area contributed by atoms with Gasteiger partial charge in [0.25, 0.3) is 5.56 Å². The number of H-pyrrole nitrogens is 1. The van der Waals surface area contributed by atoms with E-state index in [2.05, 4.69) is 24.3 Å². The first-order valence-electron chi connectivity index (χ1n) is 11.0. The number of rotatable bonds is 4. The third kappa shape index (κ3) is 3.44. The van der Waals surface area contributed by atoms with E-state index in [0.29, 0.717) is 41.3 Å². The van der Waals surface area contributed by atoms with Gasteiger partial charge >= 0.3 is 0 Å². The highest BCUT2D eigenvalue weighted by Gasteiger charge is 2.43. The number of Topliss-reactive ketones (excluding diaryl/α,β-unsaturated/α-hetero) is 1. The lowest BCUT2D eigenvalue weighted by Gasteiger charge is -2.38. The molecule has 7 nitrogen and oxygen atoms in total. The Labute approximate surface area is 192 Å². The monoisotopic (exact) mass is 445 g/mol. The van der Waals surface area contributed by atoms with Crippen molar-refractivity contribution in [2.24, 2.45) is 5.41 Å². The largest absolute Gasteiger partial charge is 0.497 e. The maximum absolute atomic E-state index is 13.7. The molecule has 1 aromatic heterocycles. The van der Waals surface area contributed by atoms with Crippen LogP contribution in [0.25, 0.3) is 5.69 Å². The van der Waals surface area contributed by atoms with Gasteiger partial charge in [0.2, 0.25) is 0 Å². The summed E-state index contributed by atoms with van der Waals surface area (Å²) < 4.78 is 12.6. The maximum atomic E-state index is 13.7. The van der Waals surface area contributed by atoms with Gasteiger partial charge in [0.1, 0.15) is 17.3 Å². The number of nitrogens with zero attached hydrogens (tertiary/aromatic N) is 1. The molecule has 0 unspecified atom stereocenters. The zero-order valence-corrected chi connectivity index (χ0v) is 19.2. The molecule has 0 radical (unpaired) electrons. The second-order valence-corrected chi connectivity index (χ2v) is 9.38. The number of carbonyl (C=O) groups excluding carboxylic acids is 1. The van der Waals surface area contributed by atoms with Crippen LogP contribution in [0, 0.1) is 5.41 Å². The second-order valence-electron chi connectivity index (χ2n) is 9.38. The molecule has 3 aromatic rings. The summed E-state index contributed by atoms with van der Waals surface area (Å²) in [4.78, 5) is 27.2. The van der Waals surface area contributed by atoms with Crippen LogP contribution in [0.4, 0.5) is 5.82 Å². The van der Waals surface area contributed by atoms with Crippen LogP contribution in [0.3, 0.4) is 0 Å². The van der Waals surface area contributed by atoms with Crippen molar-refractivity contribution in [1.82, 2.24) is 9.78 Å². The third-order valence-electron chi connectivity index (χ3n) is 6.47. The topological polar surface area (TPSA) is 85.4 Å². The molecular formula is C26H27N3O4. The summed E-state index contributed by atoms with van der Waals surface area (Å²) in [5.41, 5.74) is 3.12. The van der Waals surface area contributed by atoms with Gasteiger partial charge < -0.3 is 14.8 Å². The number of methoxy groups -OCH3 is 2. The number of hydrogen-bond acceptors (Lipinski definition) is 5. The number of fused-ring (bicyclic) bond motifs is 1. The Hall–Kier alpha value is -3.74. The summed E-state index contributed by atoms with van der Waals surface area (Å²) in [6.45, 7) is 4.18. The SMILES string of the molecule is COc1ccc([C@H]2C3=C(CC(C)(C)CC3=O)Nc3[nH]n(-c4ccccc4)c(=O)c32)c(OC)c1. The van der Waals surface area contributed by atoms with Crippen molar-refractivity contribution in [2.45, 2.75) is 32.6 Å². The van der Waals surface area contributed by atoms with Crippen molar-refractivity contribution in [2.75, 3.05) is 19.5 Å². The number of carbonyl (C=O) groups is 1. The van der Waals surface area contributed by atoms with Gasteiger partial charge in [-0.3, -0.25) is 14.7 Å². The molecule has 5 rings (SSSR count). The number of ether oxygens (including phenoxy) is 2. The van der Waals surface area contributed by atoms with E-state index >= 15 is 0 Å². The van der Waals surface area contributed by atoms with Gasteiger partial charge in [0.05, 0.1) is 31.4 Å². The fourth-order valence-electron chi connectivity index (χ4n) is 5.02. The van der Waals surface area contributed by atoms with Gasteiger partial charge in [-0.05, 0) is 30.0 Å². The Kier molecular flexibility index (Phi) is 4.92. The molecule has 7 heteroatoms. The fraction of sp³-hybridized carbons (Fsp3) is 0.308. The average Bonchev–Trinajstić information content (AvgIpc) is 3.13. The average molecular weight is 446 g/mol. The first-order valence-corrected chi connectivity index (χ1v) is 11.0. The molecule has 0 bridgehead atoms. The number of hydrogen-bond donors (Lipinski definition) is 2. The molecule has 0 saturated carbocycles. The lowest BCUT2D eigenvalue weighted by Crippen LogP contribution is -2.35. The molecule has 33 heavy (non-hydrogen) atoms. The predicted molar refractivity (Wildman–Crippen MR) is 126 cm³/mol. The lowest BCUT2D eigenvalue weighted by molar-refractivity contribution is -0.118. The highest BCUT2D eigenvalue weighted by atomic mass is 16.5. The van der Waals surface area contributed by atoms with Gasteiger partial charge in [-0.25, -0.2) is 4.68 Å². The Bertz CT molecular complexity index is 1330. The van der Waals surface area contributed by atoms with Gasteiger partial charge in [0.15, 0.2) is 5.78 Å². The highest BCUT2D eigenvalue weighted by molar-refractivity contribution is 6.01. The molecule has 2 aromatic carbocycles. The lowest BCUT2D eigenvalue weighted by atomic mass is 9.69. The summed E-state index contributed by atoms with van der Waals surface area (Å²) in [6, 6.07) is 14.9. The van der Waals surface area contributed by atoms with Gasteiger partial charge in [-0.1, -0.05) is 38.1 Å². The van der Waals surface area contributed by atoms with Crippen LogP contribution in [-0.4, -0.2) is 29.8 Å². The molecule has 1 aliphatic carbocycles. The van der Waals surface area contributed by atoms with E-state index in [1.165, 1.54) is 4.68 Å². The zero-order valence-electron chi connectivity index (χ0n) is 19.2. The van der Waals surface area contributed by atoms with Gasteiger partial charge in [-0.15, -0.1) is 0 Å². The van der Waals surface area contributed by atoms with Crippen molar-refractivity contribution in [3.8, 4) is 17.2 Å². The number of ketones is 1. The summed E-state index contributed by atoms with van der Waals surface area (Å²) in [5, 5.41) is 6.63. The van der Waals surface area contributed by atoms with Crippen molar-refractivity contribution in [3.05, 3.63) is 81.3 Å². The Balaban J connectivity index is 1.77. The van der Waals surface area contributed by atoms with E-state index in [9.17, 15) is 9.59 Å². The van der Waals surface area contributed by atoms with Crippen molar-refractivity contribution >= 4 is 11.6 Å². The quantitative estimate of drug-likeness (QED) is 0.622. The van der Waals surface area contributed by atoms with Crippen molar-refractivity contribution in [3.63, 3.8) is 0 Å². The molecule has 0 saturated heterocycles. The molecule has 170 valence electrons. The van der Waals surface area contributed by atoms with E-state index in [4.69, 9.17) is 9.47 Å². The van der Waals surface area contributed by atoms with Crippen LogP contribution < -0.4 is 20.3 Å². The van der Waals surface area contributed by atoms with Gasteiger partial charge in [-0.2, -0.15) is 0 Å². The number of allylic oxidation sites excluding steroid dienone is 2. The van der Waals surface area contributed by atoms with Gasteiger partial charge in [0, 0.05) is 29.3 Å². The number of aromatic amines is 1. The molecule has 0 fully saturated rings.